The third kappa shape index (κ3) is 3.84. The number of pyridine rings is 1. The third-order valence-electron chi connectivity index (χ3n) is 5.68. The van der Waals surface area contributed by atoms with Gasteiger partial charge in [-0.1, -0.05) is 12.1 Å². The van der Waals surface area contributed by atoms with E-state index < -0.39 is 0 Å². The summed E-state index contributed by atoms with van der Waals surface area (Å²) < 4.78 is 12.2. The van der Waals surface area contributed by atoms with Crippen molar-refractivity contribution in [3.05, 3.63) is 41.2 Å². The highest BCUT2D eigenvalue weighted by molar-refractivity contribution is 5.94. The zero-order chi connectivity index (χ0) is 18.0. The average molecular weight is 356 g/mol. The minimum atomic E-state index is -0.196. The molecule has 0 N–H and O–H groups in total. The maximum absolute atomic E-state index is 12.6. The standard InChI is InChI=1S/C21H28N2O3/c1-16-9-17(12-22-11-16)13-25-19-7-8-26-21(10-19)14-23(15-21)20(24)18-5-3-2-4-6-18/h5,9,11-12,19H,2-4,6-8,10,13-15H2,1H3. The predicted octanol–water partition coefficient (Wildman–Crippen LogP) is 3.17. The number of aromatic nitrogens is 1. The normalized spacial score (nSPS) is 24.9. The van der Waals surface area contributed by atoms with Crippen LogP contribution in [0.1, 0.15) is 49.7 Å². The Morgan fingerprint density at radius 3 is 3.04 bits per heavy atom. The van der Waals surface area contributed by atoms with E-state index in [1.165, 1.54) is 6.42 Å². The molecule has 1 aliphatic carbocycles. The van der Waals surface area contributed by atoms with E-state index in [9.17, 15) is 4.79 Å². The van der Waals surface area contributed by atoms with Gasteiger partial charge in [0.15, 0.2) is 0 Å². The maximum Gasteiger partial charge on any atom is 0.249 e. The molecule has 0 saturated carbocycles. The zero-order valence-electron chi connectivity index (χ0n) is 15.6. The monoisotopic (exact) mass is 356 g/mol. The summed E-state index contributed by atoms with van der Waals surface area (Å²) in [6.07, 6.45) is 12.1. The van der Waals surface area contributed by atoms with E-state index in [-0.39, 0.29) is 17.6 Å². The van der Waals surface area contributed by atoms with E-state index in [0.29, 0.717) is 26.3 Å². The fourth-order valence-electron chi connectivity index (χ4n) is 4.28. The van der Waals surface area contributed by atoms with Crippen LogP contribution in [0.5, 0.6) is 0 Å². The van der Waals surface area contributed by atoms with Crippen LogP contribution in [0.3, 0.4) is 0 Å². The molecule has 5 nitrogen and oxygen atoms in total. The molecule has 1 spiro atoms. The Labute approximate surface area is 155 Å². The molecular weight excluding hydrogens is 328 g/mol. The molecule has 1 aromatic rings. The van der Waals surface area contributed by atoms with Crippen molar-refractivity contribution in [1.29, 1.82) is 0 Å². The SMILES string of the molecule is Cc1cncc(COC2CCOC3(C2)CN(C(=O)C2=CCCCC2)C3)c1. The lowest BCUT2D eigenvalue weighted by Crippen LogP contribution is -2.67. The average Bonchev–Trinajstić information content (AvgIpc) is 2.65. The number of nitrogens with zero attached hydrogens (tertiary/aromatic N) is 2. The molecule has 4 rings (SSSR count). The Bertz CT molecular complexity index is 694. The fraction of sp³-hybridized carbons (Fsp3) is 0.619. The van der Waals surface area contributed by atoms with Crippen molar-refractivity contribution >= 4 is 5.91 Å². The van der Waals surface area contributed by atoms with E-state index in [1.807, 2.05) is 24.2 Å². The molecule has 0 radical (unpaired) electrons. The molecule has 1 unspecified atom stereocenters. The number of carbonyl (C=O) groups excluding carboxylic acids is 1. The molecule has 5 heteroatoms. The Kier molecular flexibility index (Phi) is 5.09. The van der Waals surface area contributed by atoms with Crippen LogP contribution in [0.25, 0.3) is 0 Å². The number of amides is 1. The van der Waals surface area contributed by atoms with Crippen molar-refractivity contribution in [2.45, 2.75) is 63.8 Å². The summed E-state index contributed by atoms with van der Waals surface area (Å²) in [7, 11) is 0. The van der Waals surface area contributed by atoms with Crippen molar-refractivity contribution in [2.24, 2.45) is 0 Å². The summed E-state index contributed by atoms with van der Waals surface area (Å²) in [4.78, 5) is 18.8. The number of rotatable bonds is 4. The van der Waals surface area contributed by atoms with Gasteiger partial charge in [0, 0.05) is 31.0 Å². The van der Waals surface area contributed by atoms with Gasteiger partial charge in [0.1, 0.15) is 5.60 Å². The third-order valence-corrected chi connectivity index (χ3v) is 5.68. The molecule has 0 bridgehead atoms. The van der Waals surface area contributed by atoms with Crippen LogP contribution in [-0.4, -0.2) is 47.2 Å². The molecule has 3 aliphatic rings. The lowest BCUT2D eigenvalue weighted by Gasteiger charge is -2.53. The van der Waals surface area contributed by atoms with E-state index in [4.69, 9.17) is 9.47 Å². The van der Waals surface area contributed by atoms with Crippen molar-refractivity contribution in [2.75, 3.05) is 19.7 Å². The summed E-state index contributed by atoms with van der Waals surface area (Å²) in [5.41, 5.74) is 3.07. The topological polar surface area (TPSA) is 51.7 Å². The zero-order valence-corrected chi connectivity index (χ0v) is 15.6. The first kappa shape index (κ1) is 17.7. The molecule has 1 aromatic heterocycles. The molecule has 1 amide bonds. The number of allylic oxidation sites excluding steroid dienone is 1. The number of ether oxygens (including phenoxy) is 2. The largest absolute Gasteiger partial charge is 0.373 e. The van der Waals surface area contributed by atoms with Crippen molar-refractivity contribution in [1.82, 2.24) is 9.88 Å². The first-order chi connectivity index (χ1) is 12.6. The fourth-order valence-corrected chi connectivity index (χ4v) is 4.28. The van der Waals surface area contributed by atoms with Crippen molar-refractivity contribution in [3.8, 4) is 0 Å². The lowest BCUT2D eigenvalue weighted by atomic mass is 9.83. The molecule has 2 fully saturated rings. The van der Waals surface area contributed by atoms with Crippen LogP contribution in [0.4, 0.5) is 0 Å². The van der Waals surface area contributed by atoms with Crippen LogP contribution in [0.15, 0.2) is 30.1 Å². The van der Waals surface area contributed by atoms with Gasteiger partial charge in [-0.25, -0.2) is 0 Å². The van der Waals surface area contributed by atoms with Gasteiger partial charge in [0.05, 0.1) is 25.8 Å². The molecule has 26 heavy (non-hydrogen) atoms. The molecule has 1 atom stereocenters. The Balaban J connectivity index is 1.29. The second-order valence-electron chi connectivity index (χ2n) is 7.96. The van der Waals surface area contributed by atoms with Gasteiger partial charge in [0.2, 0.25) is 5.91 Å². The Morgan fingerprint density at radius 2 is 2.27 bits per heavy atom. The van der Waals surface area contributed by atoms with E-state index in [0.717, 1.165) is 48.8 Å². The van der Waals surface area contributed by atoms with Gasteiger partial charge in [-0.05, 0) is 50.2 Å². The lowest BCUT2D eigenvalue weighted by molar-refractivity contribution is -0.200. The second kappa shape index (κ2) is 7.49. The van der Waals surface area contributed by atoms with Crippen LogP contribution in [0, 0.1) is 6.92 Å². The van der Waals surface area contributed by atoms with Gasteiger partial charge in [-0.3, -0.25) is 9.78 Å². The number of aryl methyl sites for hydroxylation is 1. The van der Waals surface area contributed by atoms with Crippen LogP contribution in [0.2, 0.25) is 0 Å². The van der Waals surface area contributed by atoms with Gasteiger partial charge in [0.25, 0.3) is 0 Å². The summed E-state index contributed by atoms with van der Waals surface area (Å²) in [5.74, 6) is 0.216. The summed E-state index contributed by atoms with van der Waals surface area (Å²) in [6, 6.07) is 2.11. The van der Waals surface area contributed by atoms with Crippen LogP contribution >= 0.6 is 0 Å². The second-order valence-corrected chi connectivity index (χ2v) is 7.96. The number of hydrogen-bond donors (Lipinski definition) is 0. The highest BCUT2D eigenvalue weighted by Crippen LogP contribution is 2.37. The van der Waals surface area contributed by atoms with Crippen LogP contribution < -0.4 is 0 Å². The molecular formula is C21H28N2O3. The predicted molar refractivity (Wildman–Crippen MR) is 98.6 cm³/mol. The van der Waals surface area contributed by atoms with Crippen molar-refractivity contribution in [3.63, 3.8) is 0 Å². The smallest absolute Gasteiger partial charge is 0.249 e. The van der Waals surface area contributed by atoms with Gasteiger partial charge < -0.3 is 14.4 Å². The molecule has 140 valence electrons. The summed E-state index contributed by atoms with van der Waals surface area (Å²) >= 11 is 0. The molecule has 2 saturated heterocycles. The minimum absolute atomic E-state index is 0.190. The first-order valence-corrected chi connectivity index (χ1v) is 9.78. The number of likely N-dealkylation sites (tertiary alicyclic amines) is 1. The van der Waals surface area contributed by atoms with E-state index in [2.05, 4.69) is 17.1 Å². The molecule has 2 aliphatic heterocycles. The summed E-state index contributed by atoms with van der Waals surface area (Å²) in [5, 5.41) is 0. The van der Waals surface area contributed by atoms with E-state index in [1.54, 1.807) is 0 Å². The molecule has 3 heterocycles. The highest BCUT2D eigenvalue weighted by Gasteiger charge is 2.49. The minimum Gasteiger partial charge on any atom is -0.373 e. The Hall–Kier alpha value is -1.72. The highest BCUT2D eigenvalue weighted by atomic mass is 16.5. The Morgan fingerprint density at radius 1 is 1.38 bits per heavy atom. The first-order valence-electron chi connectivity index (χ1n) is 9.78. The van der Waals surface area contributed by atoms with Gasteiger partial charge >= 0.3 is 0 Å². The van der Waals surface area contributed by atoms with Gasteiger partial charge in [-0.2, -0.15) is 0 Å². The van der Waals surface area contributed by atoms with Crippen LogP contribution in [-0.2, 0) is 20.9 Å². The molecule has 0 aromatic carbocycles. The van der Waals surface area contributed by atoms with Gasteiger partial charge in [-0.15, -0.1) is 0 Å². The van der Waals surface area contributed by atoms with Crippen molar-refractivity contribution < 1.29 is 14.3 Å². The maximum atomic E-state index is 12.6. The quantitative estimate of drug-likeness (QED) is 0.831. The number of hydrogen-bond acceptors (Lipinski definition) is 4. The summed E-state index contributed by atoms with van der Waals surface area (Å²) in [6.45, 7) is 4.75. The number of carbonyl (C=O) groups is 1. The van der Waals surface area contributed by atoms with E-state index >= 15 is 0 Å².